The summed E-state index contributed by atoms with van der Waals surface area (Å²) in [7, 11) is 0. The Hall–Kier alpha value is -4.35. The molecule has 3 aromatic carbocycles. The van der Waals surface area contributed by atoms with Crippen molar-refractivity contribution in [2.24, 2.45) is 0 Å². The molecule has 0 atom stereocenters. The van der Waals surface area contributed by atoms with E-state index in [2.05, 4.69) is 10.3 Å². The molecule has 5 rings (SSSR count). The number of aromatic nitrogens is 1. The van der Waals surface area contributed by atoms with Crippen LogP contribution in [0.2, 0.25) is 0 Å². The maximum Gasteiger partial charge on any atom is 0.335 e. The van der Waals surface area contributed by atoms with Crippen molar-refractivity contribution in [3.05, 3.63) is 94.0 Å². The van der Waals surface area contributed by atoms with Crippen LogP contribution in [0, 0.1) is 10.1 Å². The highest BCUT2D eigenvalue weighted by atomic mass is 32.2. The number of nitro groups is 1. The van der Waals surface area contributed by atoms with Crippen LogP contribution in [0.15, 0.2) is 87.6 Å². The maximum absolute atomic E-state index is 13.0. The van der Waals surface area contributed by atoms with Crippen molar-refractivity contribution in [1.29, 1.82) is 0 Å². The highest BCUT2D eigenvalue weighted by Gasteiger charge is 2.36. The number of carbonyl (C=O) groups excluding carboxylic acids is 3. The summed E-state index contributed by atoms with van der Waals surface area (Å²) in [6.07, 6.45) is 1.24. The molecule has 11 heteroatoms. The normalized spacial score (nSPS) is 15.0. The molecule has 2 heterocycles. The Bertz CT molecular complexity index is 1520. The van der Waals surface area contributed by atoms with Gasteiger partial charge in [-0.3, -0.25) is 25.0 Å². The summed E-state index contributed by atoms with van der Waals surface area (Å²) < 4.78 is 1.62. The molecule has 4 aromatic rings. The molecule has 172 valence electrons. The topological polar surface area (TPSA) is 123 Å². The molecule has 1 aliphatic rings. The summed E-state index contributed by atoms with van der Waals surface area (Å²) in [6.45, 7) is 0. The van der Waals surface area contributed by atoms with Crippen LogP contribution in [0.1, 0.15) is 5.56 Å². The number of para-hydroxylation sites is 2. The van der Waals surface area contributed by atoms with Gasteiger partial charge in [-0.05, 0) is 42.0 Å². The number of carbonyl (C=O) groups is 3. The van der Waals surface area contributed by atoms with Gasteiger partial charge in [0.05, 0.1) is 25.7 Å². The fraction of sp³-hybridized carbons (Fsp3) is 0. The van der Waals surface area contributed by atoms with E-state index in [0.717, 1.165) is 15.1 Å². The third kappa shape index (κ3) is 4.42. The molecule has 35 heavy (non-hydrogen) atoms. The van der Waals surface area contributed by atoms with Gasteiger partial charge >= 0.3 is 6.03 Å². The number of anilines is 1. The largest absolute Gasteiger partial charge is 0.335 e. The number of nitrogens with zero attached hydrogens (tertiary/aromatic N) is 3. The monoisotopic (exact) mass is 502 g/mol. The van der Waals surface area contributed by atoms with Gasteiger partial charge in [-0.2, -0.15) is 0 Å². The van der Waals surface area contributed by atoms with Crippen molar-refractivity contribution < 1.29 is 19.3 Å². The van der Waals surface area contributed by atoms with E-state index < -0.39 is 22.8 Å². The van der Waals surface area contributed by atoms with E-state index in [4.69, 9.17) is 0 Å². The van der Waals surface area contributed by atoms with Crippen LogP contribution in [0.25, 0.3) is 16.3 Å². The second-order valence-electron chi connectivity index (χ2n) is 7.33. The van der Waals surface area contributed by atoms with Gasteiger partial charge in [0, 0.05) is 6.07 Å². The zero-order valence-corrected chi connectivity index (χ0v) is 19.3. The Morgan fingerprint density at radius 1 is 1.00 bits per heavy atom. The minimum Gasteiger partial charge on any atom is -0.273 e. The fourth-order valence-corrected chi connectivity index (χ4v) is 5.59. The molecule has 1 fully saturated rings. The second-order valence-corrected chi connectivity index (χ2v) is 9.65. The predicted molar refractivity (Wildman–Crippen MR) is 132 cm³/mol. The molecule has 0 spiro atoms. The van der Waals surface area contributed by atoms with E-state index in [0.29, 0.717) is 14.9 Å². The number of hydrogen-bond acceptors (Lipinski definition) is 8. The Balaban J connectivity index is 1.48. The molecule has 4 amide bonds. The van der Waals surface area contributed by atoms with Crippen molar-refractivity contribution in [3.63, 3.8) is 0 Å². The number of amides is 4. The summed E-state index contributed by atoms with van der Waals surface area (Å²) in [4.78, 5) is 54.7. The van der Waals surface area contributed by atoms with E-state index in [1.807, 2.05) is 24.3 Å². The standard InChI is InChI=1S/C24H14N4O5S2/c29-21-16(22(30)27(23(31)26-21)15-6-2-1-3-7-15)12-14-10-11-20(18(13-14)28(32)33)35-24-25-17-8-4-5-9-19(17)34-24/h1-13H,(H,26,29,31)/b16-12+. The summed E-state index contributed by atoms with van der Waals surface area (Å²) >= 11 is 2.59. The van der Waals surface area contributed by atoms with Crippen molar-refractivity contribution in [3.8, 4) is 0 Å². The summed E-state index contributed by atoms with van der Waals surface area (Å²) in [5, 5.41) is 13.9. The number of benzene rings is 3. The van der Waals surface area contributed by atoms with Crippen molar-refractivity contribution in [1.82, 2.24) is 10.3 Å². The van der Waals surface area contributed by atoms with Gasteiger partial charge in [-0.1, -0.05) is 48.2 Å². The number of nitro benzene ring substituents is 1. The molecule has 9 nitrogen and oxygen atoms in total. The minimum absolute atomic E-state index is 0.191. The van der Waals surface area contributed by atoms with Crippen LogP contribution >= 0.6 is 23.1 Å². The number of urea groups is 1. The van der Waals surface area contributed by atoms with E-state index in [1.165, 1.54) is 35.2 Å². The third-order valence-electron chi connectivity index (χ3n) is 5.08. The molecule has 1 saturated heterocycles. The molecule has 1 aromatic heterocycles. The van der Waals surface area contributed by atoms with Crippen LogP contribution in [0.5, 0.6) is 0 Å². The number of imide groups is 2. The number of fused-ring (bicyclic) bond motifs is 1. The van der Waals surface area contributed by atoms with Gasteiger partial charge in [0.1, 0.15) is 5.57 Å². The molecular formula is C24H14N4O5S2. The van der Waals surface area contributed by atoms with Gasteiger partial charge in [-0.25, -0.2) is 14.7 Å². The molecular weight excluding hydrogens is 488 g/mol. The predicted octanol–water partition coefficient (Wildman–Crippen LogP) is 5.02. The first kappa shape index (κ1) is 22.4. The first-order valence-electron chi connectivity index (χ1n) is 10.2. The van der Waals surface area contributed by atoms with Crippen molar-refractivity contribution >= 4 is 68.6 Å². The first-order chi connectivity index (χ1) is 16.9. The second kappa shape index (κ2) is 9.12. The lowest BCUT2D eigenvalue weighted by atomic mass is 10.1. The Morgan fingerprint density at radius 3 is 2.49 bits per heavy atom. The molecule has 0 radical (unpaired) electrons. The molecule has 0 bridgehead atoms. The van der Waals surface area contributed by atoms with E-state index >= 15 is 0 Å². The number of thiazole rings is 1. The Morgan fingerprint density at radius 2 is 1.74 bits per heavy atom. The lowest BCUT2D eigenvalue weighted by Crippen LogP contribution is -2.54. The Labute approximate surface area is 206 Å². The lowest BCUT2D eigenvalue weighted by Gasteiger charge is -2.26. The van der Waals surface area contributed by atoms with E-state index in [9.17, 15) is 24.5 Å². The smallest absolute Gasteiger partial charge is 0.273 e. The summed E-state index contributed by atoms with van der Waals surface area (Å²) in [6, 6.07) is 19.3. The van der Waals surface area contributed by atoms with E-state index in [-0.39, 0.29) is 16.8 Å². The summed E-state index contributed by atoms with van der Waals surface area (Å²) in [5.74, 6) is -1.69. The first-order valence-corrected chi connectivity index (χ1v) is 11.8. The zero-order chi connectivity index (χ0) is 24.5. The summed E-state index contributed by atoms with van der Waals surface area (Å²) in [5.41, 5.74) is 0.870. The highest BCUT2D eigenvalue weighted by molar-refractivity contribution is 8.01. The SMILES string of the molecule is O=C1NC(=O)N(c2ccccc2)C(=O)/C1=C/c1ccc(Sc2nc3ccccc3s2)c([N+](=O)[O-])c1. The van der Waals surface area contributed by atoms with Crippen molar-refractivity contribution in [2.45, 2.75) is 9.24 Å². The minimum atomic E-state index is -0.872. The number of rotatable bonds is 5. The van der Waals surface area contributed by atoms with Gasteiger partial charge in [0.15, 0.2) is 4.34 Å². The fourth-order valence-electron chi connectivity index (χ4n) is 3.48. The van der Waals surface area contributed by atoms with Gasteiger partial charge in [0.25, 0.3) is 17.5 Å². The molecule has 0 unspecified atom stereocenters. The van der Waals surface area contributed by atoms with Gasteiger partial charge in [-0.15, -0.1) is 11.3 Å². The van der Waals surface area contributed by atoms with E-state index in [1.54, 1.807) is 42.5 Å². The van der Waals surface area contributed by atoms with Crippen molar-refractivity contribution in [2.75, 3.05) is 4.90 Å². The average molecular weight is 503 g/mol. The molecule has 1 N–H and O–H groups in total. The van der Waals surface area contributed by atoms with Crippen LogP contribution in [0.3, 0.4) is 0 Å². The molecule has 0 aliphatic carbocycles. The maximum atomic E-state index is 13.0. The number of nitrogens with one attached hydrogen (secondary N) is 1. The number of hydrogen-bond donors (Lipinski definition) is 1. The van der Waals surface area contributed by atoms with Gasteiger partial charge < -0.3 is 0 Å². The number of barbiturate groups is 1. The zero-order valence-electron chi connectivity index (χ0n) is 17.7. The highest BCUT2D eigenvalue weighted by Crippen LogP contribution is 2.39. The average Bonchev–Trinajstić information content (AvgIpc) is 3.25. The van der Waals surface area contributed by atoms with Crippen LogP contribution < -0.4 is 10.2 Å². The third-order valence-corrected chi connectivity index (χ3v) is 7.24. The Kier molecular flexibility index (Phi) is 5.85. The molecule has 0 saturated carbocycles. The molecule has 1 aliphatic heterocycles. The van der Waals surface area contributed by atoms with Gasteiger partial charge in [0.2, 0.25) is 0 Å². The lowest BCUT2D eigenvalue weighted by molar-refractivity contribution is -0.387. The van der Waals surface area contributed by atoms with Crippen LogP contribution in [0.4, 0.5) is 16.2 Å². The van der Waals surface area contributed by atoms with Crippen LogP contribution in [-0.4, -0.2) is 27.8 Å². The quantitative estimate of drug-likeness (QED) is 0.176. The van der Waals surface area contributed by atoms with Crippen LogP contribution in [-0.2, 0) is 9.59 Å².